The Balaban J connectivity index is 1.61. The Hall–Kier alpha value is -1.68. The molecule has 1 aliphatic rings. The van der Waals surface area contributed by atoms with E-state index in [0.29, 0.717) is 0 Å². The zero-order valence-corrected chi connectivity index (χ0v) is 14.4. The molecule has 0 amide bonds. The number of aryl methyl sites for hydroxylation is 1. The zero-order valence-electron chi connectivity index (χ0n) is 14.4. The molecule has 3 nitrogen and oxygen atoms in total. The van der Waals surface area contributed by atoms with E-state index in [1.165, 1.54) is 22.3 Å². The molecule has 0 saturated carbocycles. The molecule has 0 unspecified atom stereocenters. The Kier molecular flexibility index (Phi) is 5.67. The average Bonchev–Trinajstić information content (AvgIpc) is 2.63. The van der Waals surface area contributed by atoms with Crippen LogP contribution < -0.4 is 5.32 Å². The summed E-state index contributed by atoms with van der Waals surface area (Å²) < 4.78 is 5.43. The third-order valence-corrected chi connectivity index (χ3v) is 5.03. The average molecular weight is 325 g/mol. The first kappa shape index (κ1) is 17.2. The monoisotopic (exact) mass is 325 g/mol. The molecule has 2 aromatic rings. The van der Waals surface area contributed by atoms with Gasteiger partial charge < -0.3 is 15.2 Å². The van der Waals surface area contributed by atoms with Crippen LogP contribution in [0.25, 0.3) is 11.1 Å². The molecule has 0 spiro atoms. The Morgan fingerprint density at radius 3 is 2.50 bits per heavy atom. The van der Waals surface area contributed by atoms with Crippen molar-refractivity contribution in [1.82, 2.24) is 5.32 Å². The van der Waals surface area contributed by atoms with E-state index in [0.717, 1.165) is 39.1 Å². The van der Waals surface area contributed by atoms with Gasteiger partial charge in [0.15, 0.2) is 0 Å². The smallest absolute Gasteiger partial charge is 0.0501 e. The largest absolute Gasteiger partial charge is 0.396 e. The molecule has 3 heteroatoms. The van der Waals surface area contributed by atoms with Gasteiger partial charge in [-0.1, -0.05) is 48.0 Å². The molecule has 1 aliphatic heterocycles. The summed E-state index contributed by atoms with van der Waals surface area (Å²) in [5.41, 5.74) is 5.03. The fourth-order valence-corrected chi connectivity index (χ4v) is 3.27. The van der Waals surface area contributed by atoms with E-state index in [4.69, 9.17) is 4.74 Å². The van der Waals surface area contributed by atoms with Crippen molar-refractivity contribution < 1.29 is 9.84 Å². The maximum Gasteiger partial charge on any atom is 0.0501 e. The van der Waals surface area contributed by atoms with Gasteiger partial charge in [-0.15, -0.1) is 0 Å². The minimum Gasteiger partial charge on any atom is -0.396 e. The molecule has 24 heavy (non-hydrogen) atoms. The van der Waals surface area contributed by atoms with Crippen LogP contribution in [-0.2, 0) is 11.3 Å². The summed E-state index contributed by atoms with van der Waals surface area (Å²) in [4.78, 5) is 0. The van der Waals surface area contributed by atoms with E-state index in [-0.39, 0.29) is 12.0 Å². The summed E-state index contributed by atoms with van der Waals surface area (Å²) in [5.74, 6) is 0. The van der Waals surface area contributed by atoms with Crippen LogP contribution in [0.5, 0.6) is 0 Å². The molecule has 2 aromatic carbocycles. The molecule has 0 aromatic heterocycles. The summed E-state index contributed by atoms with van der Waals surface area (Å²) in [6, 6.07) is 17.3. The van der Waals surface area contributed by atoms with Crippen molar-refractivity contribution in [3.8, 4) is 11.1 Å². The standard InChI is InChI=1S/C21H27NO2/c1-17-5-7-19(8-6-17)20-4-2-3-18(13-20)14-22-15-21(16-23)9-11-24-12-10-21/h2-8,13,22-23H,9-12,14-16H2,1H3. The lowest BCUT2D eigenvalue weighted by molar-refractivity contribution is -0.0154. The summed E-state index contributed by atoms with van der Waals surface area (Å²) in [7, 11) is 0. The van der Waals surface area contributed by atoms with Gasteiger partial charge in [-0.25, -0.2) is 0 Å². The van der Waals surface area contributed by atoms with Crippen LogP contribution in [0.1, 0.15) is 24.0 Å². The van der Waals surface area contributed by atoms with Crippen LogP contribution in [0.15, 0.2) is 48.5 Å². The molecule has 0 aliphatic carbocycles. The lowest BCUT2D eigenvalue weighted by Crippen LogP contribution is -2.41. The number of hydrogen-bond donors (Lipinski definition) is 2. The molecule has 0 atom stereocenters. The van der Waals surface area contributed by atoms with Crippen molar-refractivity contribution in [3.63, 3.8) is 0 Å². The third-order valence-electron chi connectivity index (χ3n) is 5.03. The van der Waals surface area contributed by atoms with Gasteiger partial charge in [0.1, 0.15) is 0 Å². The molecular weight excluding hydrogens is 298 g/mol. The highest BCUT2D eigenvalue weighted by atomic mass is 16.5. The normalized spacial score (nSPS) is 16.9. The Labute approximate surface area is 144 Å². The maximum absolute atomic E-state index is 9.76. The predicted molar refractivity (Wildman–Crippen MR) is 97.9 cm³/mol. The Bertz CT molecular complexity index is 645. The number of ether oxygens (including phenoxy) is 1. The van der Waals surface area contributed by atoms with Gasteiger partial charge in [0.25, 0.3) is 0 Å². The first-order valence-electron chi connectivity index (χ1n) is 8.76. The van der Waals surface area contributed by atoms with E-state index in [9.17, 15) is 5.11 Å². The summed E-state index contributed by atoms with van der Waals surface area (Å²) >= 11 is 0. The highest BCUT2D eigenvalue weighted by molar-refractivity contribution is 5.64. The van der Waals surface area contributed by atoms with E-state index in [1.807, 2.05) is 0 Å². The first-order valence-corrected chi connectivity index (χ1v) is 8.76. The second-order valence-electron chi connectivity index (χ2n) is 6.94. The fraction of sp³-hybridized carbons (Fsp3) is 0.429. The van der Waals surface area contributed by atoms with Crippen LogP contribution in [0.2, 0.25) is 0 Å². The van der Waals surface area contributed by atoms with Gasteiger partial charge >= 0.3 is 0 Å². The van der Waals surface area contributed by atoms with E-state index in [2.05, 4.69) is 60.8 Å². The number of benzene rings is 2. The topological polar surface area (TPSA) is 41.5 Å². The van der Waals surface area contributed by atoms with Crippen LogP contribution in [0.4, 0.5) is 0 Å². The van der Waals surface area contributed by atoms with E-state index in [1.54, 1.807) is 0 Å². The van der Waals surface area contributed by atoms with Gasteiger partial charge in [0, 0.05) is 31.7 Å². The minimum absolute atomic E-state index is 0.0210. The van der Waals surface area contributed by atoms with Crippen molar-refractivity contribution in [1.29, 1.82) is 0 Å². The molecule has 3 rings (SSSR count). The van der Waals surface area contributed by atoms with Crippen LogP contribution in [0.3, 0.4) is 0 Å². The number of hydrogen-bond acceptors (Lipinski definition) is 3. The van der Waals surface area contributed by atoms with Gasteiger partial charge in [-0.3, -0.25) is 0 Å². The maximum atomic E-state index is 9.76. The number of nitrogens with one attached hydrogen (secondary N) is 1. The van der Waals surface area contributed by atoms with Crippen molar-refractivity contribution >= 4 is 0 Å². The summed E-state index contributed by atoms with van der Waals surface area (Å²) in [6.45, 7) is 5.50. The number of rotatable bonds is 6. The van der Waals surface area contributed by atoms with Crippen LogP contribution in [0, 0.1) is 12.3 Å². The zero-order chi connectivity index (χ0) is 16.8. The highest BCUT2D eigenvalue weighted by Crippen LogP contribution is 2.29. The van der Waals surface area contributed by atoms with Crippen molar-refractivity contribution in [2.24, 2.45) is 5.41 Å². The molecular formula is C21H27NO2. The lowest BCUT2D eigenvalue weighted by Gasteiger charge is -2.35. The molecule has 0 radical (unpaired) electrons. The molecule has 1 saturated heterocycles. The van der Waals surface area contributed by atoms with Crippen LogP contribution >= 0.6 is 0 Å². The van der Waals surface area contributed by atoms with Gasteiger partial charge in [-0.2, -0.15) is 0 Å². The molecule has 1 heterocycles. The van der Waals surface area contributed by atoms with E-state index < -0.39 is 0 Å². The van der Waals surface area contributed by atoms with Gasteiger partial charge in [0.2, 0.25) is 0 Å². The van der Waals surface area contributed by atoms with E-state index >= 15 is 0 Å². The Morgan fingerprint density at radius 1 is 1.04 bits per heavy atom. The lowest BCUT2D eigenvalue weighted by atomic mass is 9.81. The highest BCUT2D eigenvalue weighted by Gasteiger charge is 2.31. The first-order chi connectivity index (χ1) is 11.7. The SMILES string of the molecule is Cc1ccc(-c2cccc(CNCC3(CO)CCOCC3)c2)cc1. The molecule has 2 N–H and O–H groups in total. The van der Waals surface area contributed by atoms with Crippen molar-refractivity contribution in [2.75, 3.05) is 26.4 Å². The second-order valence-corrected chi connectivity index (χ2v) is 6.94. The minimum atomic E-state index is -0.0210. The second kappa shape index (κ2) is 7.93. The number of aliphatic hydroxyl groups is 1. The fourth-order valence-electron chi connectivity index (χ4n) is 3.27. The number of aliphatic hydroxyl groups excluding tert-OH is 1. The molecule has 128 valence electrons. The predicted octanol–water partition coefficient (Wildman–Crippen LogP) is 3.54. The molecule has 0 bridgehead atoms. The summed E-state index contributed by atoms with van der Waals surface area (Å²) in [6.07, 6.45) is 1.86. The van der Waals surface area contributed by atoms with Crippen molar-refractivity contribution in [3.05, 3.63) is 59.7 Å². The van der Waals surface area contributed by atoms with Gasteiger partial charge in [0.05, 0.1) is 6.61 Å². The quantitative estimate of drug-likeness (QED) is 0.853. The van der Waals surface area contributed by atoms with Crippen molar-refractivity contribution in [2.45, 2.75) is 26.3 Å². The Morgan fingerprint density at radius 2 is 1.79 bits per heavy atom. The third kappa shape index (κ3) is 4.23. The van der Waals surface area contributed by atoms with Gasteiger partial charge in [-0.05, 0) is 42.5 Å². The summed E-state index contributed by atoms with van der Waals surface area (Å²) in [5, 5.41) is 13.3. The van der Waals surface area contributed by atoms with Crippen LogP contribution in [-0.4, -0.2) is 31.5 Å². The molecule has 1 fully saturated rings.